The van der Waals surface area contributed by atoms with Crippen molar-refractivity contribution < 1.29 is 18.0 Å². The molecule has 1 saturated heterocycles. The average molecular weight is 298 g/mol. The normalized spacial score (nSPS) is 24.6. The predicted molar refractivity (Wildman–Crippen MR) is 70.7 cm³/mol. The molecule has 1 heterocycles. The first-order valence-electron chi connectivity index (χ1n) is 6.53. The van der Waals surface area contributed by atoms with Crippen LogP contribution >= 0.6 is 11.8 Å². The van der Waals surface area contributed by atoms with Gasteiger partial charge in [-0.15, -0.1) is 0 Å². The second-order valence-corrected chi connectivity index (χ2v) is 6.18. The van der Waals surface area contributed by atoms with Crippen LogP contribution in [0.5, 0.6) is 0 Å². The van der Waals surface area contributed by atoms with Crippen LogP contribution in [0, 0.1) is 5.92 Å². The van der Waals surface area contributed by atoms with Gasteiger partial charge < -0.3 is 4.90 Å². The number of alkyl halides is 3. The third-order valence-corrected chi connectivity index (χ3v) is 3.84. The summed E-state index contributed by atoms with van der Waals surface area (Å²) in [7, 11) is 0. The lowest BCUT2D eigenvalue weighted by molar-refractivity contribution is -0.130. The maximum atomic E-state index is 12.2. The second-order valence-electron chi connectivity index (χ2n) is 5.02. The van der Waals surface area contributed by atoms with Gasteiger partial charge in [-0.25, -0.2) is 0 Å². The molecule has 2 unspecified atom stereocenters. The lowest BCUT2D eigenvalue weighted by Gasteiger charge is -2.23. The van der Waals surface area contributed by atoms with Gasteiger partial charge in [-0.05, 0) is 24.1 Å². The SMILES string of the molecule is CCCC1NC(C(C)C)C(=O)N1CCSC(F)(F)F. The van der Waals surface area contributed by atoms with Crippen LogP contribution in [0.3, 0.4) is 0 Å². The highest BCUT2D eigenvalue weighted by Gasteiger charge is 2.40. The number of hydrogen-bond acceptors (Lipinski definition) is 3. The van der Waals surface area contributed by atoms with Crippen molar-refractivity contribution in [3.05, 3.63) is 0 Å². The Kier molecular flexibility index (Phi) is 5.98. The van der Waals surface area contributed by atoms with E-state index in [1.807, 2.05) is 20.8 Å². The molecule has 0 aromatic carbocycles. The topological polar surface area (TPSA) is 32.3 Å². The first kappa shape index (κ1) is 16.6. The molecule has 7 heteroatoms. The number of amides is 1. The van der Waals surface area contributed by atoms with Crippen LogP contribution in [0.25, 0.3) is 0 Å². The summed E-state index contributed by atoms with van der Waals surface area (Å²) in [4.78, 5) is 13.7. The summed E-state index contributed by atoms with van der Waals surface area (Å²) in [5.74, 6) is -0.0366. The Morgan fingerprint density at radius 1 is 1.42 bits per heavy atom. The van der Waals surface area contributed by atoms with Gasteiger partial charge in [-0.3, -0.25) is 10.1 Å². The van der Waals surface area contributed by atoms with Gasteiger partial charge in [0.15, 0.2) is 0 Å². The fourth-order valence-corrected chi connectivity index (χ4v) is 2.74. The lowest BCUT2D eigenvalue weighted by Crippen LogP contribution is -2.38. The molecule has 1 aliphatic rings. The van der Waals surface area contributed by atoms with Crippen molar-refractivity contribution in [2.45, 2.75) is 51.3 Å². The molecule has 3 nitrogen and oxygen atoms in total. The van der Waals surface area contributed by atoms with E-state index < -0.39 is 5.51 Å². The number of carbonyl (C=O) groups excluding carboxylic acids is 1. The van der Waals surface area contributed by atoms with E-state index in [1.165, 1.54) is 0 Å². The molecule has 1 rings (SSSR count). The first-order chi connectivity index (χ1) is 8.76. The van der Waals surface area contributed by atoms with Gasteiger partial charge in [-0.1, -0.05) is 27.2 Å². The maximum Gasteiger partial charge on any atom is 0.441 e. The predicted octanol–water partition coefficient (Wildman–Crippen LogP) is 2.82. The van der Waals surface area contributed by atoms with Crippen molar-refractivity contribution in [3.8, 4) is 0 Å². The van der Waals surface area contributed by atoms with E-state index in [1.54, 1.807) is 4.90 Å². The molecular weight excluding hydrogens is 277 g/mol. The smallest absolute Gasteiger partial charge is 0.325 e. The molecule has 0 aromatic heterocycles. The van der Waals surface area contributed by atoms with Gasteiger partial charge in [0.1, 0.15) is 0 Å². The summed E-state index contributed by atoms with van der Waals surface area (Å²) in [5.41, 5.74) is -4.23. The van der Waals surface area contributed by atoms with Gasteiger partial charge in [0, 0.05) is 12.3 Å². The number of nitrogens with zero attached hydrogens (tertiary/aromatic N) is 1. The highest BCUT2D eigenvalue weighted by molar-refractivity contribution is 8.00. The van der Waals surface area contributed by atoms with Crippen LogP contribution in [0.2, 0.25) is 0 Å². The average Bonchev–Trinajstić information content (AvgIpc) is 2.56. The fourth-order valence-electron chi connectivity index (χ4n) is 2.22. The van der Waals surface area contributed by atoms with E-state index >= 15 is 0 Å². The molecule has 1 N–H and O–H groups in total. The Labute approximate surface area is 116 Å². The van der Waals surface area contributed by atoms with Gasteiger partial charge >= 0.3 is 5.51 Å². The minimum absolute atomic E-state index is 0.0695. The zero-order valence-electron chi connectivity index (χ0n) is 11.5. The Morgan fingerprint density at radius 3 is 2.53 bits per heavy atom. The molecule has 0 bridgehead atoms. The molecule has 1 fully saturated rings. The fraction of sp³-hybridized carbons (Fsp3) is 0.917. The molecule has 0 aliphatic carbocycles. The first-order valence-corrected chi connectivity index (χ1v) is 7.52. The summed E-state index contributed by atoms with van der Waals surface area (Å²) in [6.07, 6.45) is 1.53. The minimum Gasteiger partial charge on any atom is -0.325 e. The zero-order chi connectivity index (χ0) is 14.6. The molecule has 1 aliphatic heterocycles. The van der Waals surface area contributed by atoms with Crippen molar-refractivity contribution in [1.82, 2.24) is 10.2 Å². The van der Waals surface area contributed by atoms with Crippen LogP contribution < -0.4 is 5.32 Å². The van der Waals surface area contributed by atoms with E-state index in [9.17, 15) is 18.0 Å². The summed E-state index contributed by atoms with van der Waals surface area (Å²) in [6.45, 7) is 6.01. The van der Waals surface area contributed by atoms with Crippen molar-refractivity contribution >= 4 is 17.7 Å². The van der Waals surface area contributed by atoms with E-state index in [0.717, 1.165) is 12.8 Å². The van der Waals surface area contributed by atoms with Crippen LogP contribution in [-0.2, 0) is 4.79 Å². The highest BCUT2D eigenvalue weighted by atomic mass is 32.2. The van der Waals surface area contributed by atoms with E-state index in [-0.39, 0.29) is 48.1 Å². The van der Waals surface area contributed by atoms with Crippen molar-refractivity contribution in [1.29, 1.82) is 0 Å². The number of hydrogen-bond donors (Lipinski definition) is 1. The maximum absolute atomic E-state index is 12.2. The zero-order valence-corrected chi connectivity index (χ0v) is 12.3. The summed E-state index contributed by atoms with van der Waals surface area (Å²) in [5, 5.41) is 3.22. The standard InChI is InChI=1S/C12H21F3N2OS/c1-4-5-9-16-10(8(2)3)11(18)17(9)6-7-19-12(13,14)15/h8-10,16H,4-7H2,1-3H3. The Morgan fingerprint density at radius 2 is 2.05 bits per heavy atom. The molecule has 0 aromatic rings. The molecular formula is C12H21F3N2OS. The quantitative estimate of drug-likeness (QED) is 0.818. The summed E-state index contributed by atoms with van der Waals surface area (Å²) < 4.78 is 36.4. The van der Waals surface area contributed by atoms with Crippen molar-refractivity contribution in [3.63, 3.8) is 0 Å². The molecule has 2 atom stereocenters. The highest BCUT2D eigenvalue weighted by Crippen LogP contribution is 2.30. The third-order valence-electron chi connectivity index (χ3n) is 3.12. The molecule has 0 radical (unpaired) electrons. The van der Waals surface area contributed by atoms with Gasteiger partial charge in [0.25, 0.3) is 0 Å². The largest absolute Gasteiger partial charge is 0.441 e. The molecule has 19 heavy (non-hydrogen) atoms. The van der Waals surface area contributed by atoms with E-state index in [2.05, 4.69) is 5.32 Å². The van der Waals surface area contributed by atoms with Crippen LogP contribution in [0.1, 0.15) is 33.6 Å². The number of rotatable bonds is 6. The molecule has 112 valence electrons. The van der Waals surface area contributed by atoms with Crippen molar-refractivity contribution in [2.24, 2.45) is 5.92 Å². The second kappa shape index (κ2) is 6.83. The van der Waals surface area contributed by atoms with E-state index in [4.69, 9.17) is 0 Å². The molecule has 0 spiro atoms. The van der Waals surface area contributed by atoms with Crippen molar-refractivity contribution in [2.75, 3.05) is 12.3 Å². The van der Waals surface area contributed by atoms with Gasteiger partial charge in [0.05, 0.1) is 12.2 Å². The van der Waals surface area contributed by atoms with Gasteiger partial charge in [-0.2, -0.15) is 13.2 Å². The number of halogens is 3. The summed E-state index contributed by atoms with van der Waals surface area (Å²) in [6, 6.07) is -0.271. The van der Waals surface area contributed by atoms with Crippen LogP contribution in [0.15, 0.2) is 0 Å². The third kappa shape index (κ3) is 4.87. The van der Waals surface area contributed by atoms with Gasteiger partial charge in [0.2, 0.25) is 5.91 Å². The molecule has 1 amide bonds. The lowest BCUT2D eigenvalue weighted by atomic mass is 10.1. The number of carbonyl (C=O) groups is 1. The molecule has 0 saturated carbocycles. The monoisotopic (exact) mass is 298 g/mol. The summed E-state index contributed by atoms with van der Waals surface area (Å²) >= 11 is -0.0695. The number of thioether (sulfide) groups is 1. The Hall–Kier alpha value is -0.430. The Bertz CT molecular complexity index is 310. The minimum atomic E-state index is -4.23. The van der Waals surface area contributed by atoms with Crippen LogP contribution in [0.4, 0.5) is 13.2 Å². The van der Waals surface area contributed by atoms with Crippen LogP contribution in [-0.4, -0.2) is 40.8 Å². The Balaban J connectivity index is 2.59. The number of nitrogens with one attached hydrogen (secondary N) is 1. The van der Waals surface area contributed by atoms with E-state index in [0.29, 0.717) is 0 Å².